The van der Waals surface area contributed by atoms with Crippen molar-refractivity contribution in [3.63, 3.8) is 0 Å². The molecule has 2 nitrogen and oxygen atoms in total. The summed E-state index contributed by atoms with van der Waals surface area (Å²) in [6, 6.07) is 9.33. The topological polar surface area (TPSA) is 33.0 Å². The summed E-state index contributed by atoms with van der Waals surface area (Å²) in [6.45, 7) is 1.75. The van der Waals surface area contributed by atoms with Crippen LogP contribution < -0.4 is 4.74 Å². The van der Waals surface area contributed by atoms with Gasteiger partial charge in [0, 0.05) is 5.02 Å². The minimum absolute atomic E-state index is 0.0657. The average Bonchev–Trinajstić information content (AvgIpc) is 2.41. The van der Waals surface area contributed by atoms with Gasteiger partial charge >= 0.3 is 6.18 Å². The van der Waals surface area contributed by atoms with Crippen molar-refractivity contribution in [2.45, 2.75) is 13.1 Å². The predicted octanol–water partition coefficient (Wildman–Crippen LogP) is 5.33. The number of rotatable bonds is 2. The van der Waals surface area contributed by atoms with E-state index in [9.17, 15) is 13.2 Å². The van der Waals surface area contributed by atoms with E-state index in [-0.39, 0.29) is 11.3 Å². The zero-order valence-corrected chi connectivity index (χ0v) is 11.6. The molecule has 0 saturated heterocycles. The van der Waals surface area contributed by atoms with E-state index >= 15 is 0 Å². The summed E-state index contributed by atoms with van der Waals surface area (Å²) in [4.78, 5) is 0. The van der Waals surface area contributed by atoms with Crippen molar-refractivity contribution in [3.05, 3.63) is 58.1 Å². The molecule has 0 unspecified atom stereocenters. The highest BCUT2D eigenvalue weighted by Gasteiger charge is 2.31. The second kappa shape index (κ2) is 5.66. The molecule has 0 fully saturated rings. The Morgan fingerprint density at radius 2 is 1.76 bits per heavy atom. The first-order valence-electron chi connectivity index (χ1n) is 5.86. The van der Waals surface area contributed by atoms with Gasteiger partial charge in [0.15, 0.2) is 0 Å². The number of halogens is 4. The Morgan fingerprint density at radius 1 is 1.10 bits per heavy atom. The summed E-state index contributed by atoms with van der Waals surface area (Å²) in [5, 5.41) is 9.50. The lowest BCUT2D eigenvalue weighted by Gasteiger charge is -2.12. The highest BCUT2D eigenvalue weighted by Crippen LogP contribution is 2.34. The van der Waals surface area contributed by atoms with Gasteiger partial charge in [0.2, 0.25) is 0 Å². The van der Waals surface area contributed by atoms with Gasteiger partial charge < -0.3 is 4.74 Å². The molecule has 2 aromatic carbocycles. The van der Waals surface area contributed by atoms with Gasteiger partial charge in [0.25, 0.3) is 0 Å². The lowest BCUT2D eigenvalue weighted by Crippen LogP contribution is -2.05. The SMILES string of the molecule is Cc1cc(Cl)ccc1Oc1ccc(C(F)(F)F)cc1C#N. The van der Waals surface area contributed by atoms with Gasteiger partial charge in [0.1, 0.15) is 17.6 Å². The fourth-order valence-corrected chi connectivity index (χ4v) is 1.96. The molecule has 0 aliphatic rings. The van der Waals surface area contributed by atoms with Crippen LogP contribution in [0, 0.1) is 18.3 Å². The molecule has 2 rings (SSSR count). The quantitative estimate of drug-likeness (QED) is 0.751. The molecule has 0 aliphatic heterocycles. The Bertz CT molecular complexity index is 720. The molecule has 0 heterocycles. The first kappa shape index (κ1) is 15.2. The van der Waals surface area contributed by atoms with Crippen LogP contribution >= 0.6 is 11.6 Å². The maximum absolute atomic E-state index is 12.6. The summed E-state index contributed by atoms with van der Waals surface area (Å²) in [6.07, 6.45) is -4.50. The lowest BCUT2D eigenvalue weighted by molar-refractivity contribution is -0.137. The van der Waals surface area contributed by atoms with E-state index in [1.165, 1.54) is 0 Å². The van der Waals surface area contributed by atoms with E-state index in [2.05, 4.69) is 0 Å². The van der Waals surface area contributed by atoms with Crippen LogP contribution in [-0.2, 0) is 6.18 Å². The second-order valence-corrected chi connectivity index (χ2v) is 4.77. The van der Waals surface area contributed by atoms with Gasteiger partial charge in [-0.1, -0.05) is 11.6 Å². The third kappa shape index (κ3) is 3.47. The van der Waals surface area contributed by atoms with E-state index < -0.39 is 11.7 Å². The van der Waals surface area contributed by atoms with Crippen molar-refractivity contribution < 1.29 is 17.9 Å². The molecule has 0 spiro atoms. The summed E-state index contributed by atoms with van der Waals surface area (Å²) < 4.78 is 43.3. The van der Waals surface area contributed by atoms with Crippen molar-refractivity contribution in [2.75, 3.05) is 0 Å². The fourth-order valence-electron chi connectivity index (χ4n) is 1.73. The van der Waals surface area contributed by atoms with Crippen LogP contribution in [0.15, 0.2) is 36.4 Å². The predicted molar refractivity (Wildman–Crippen MR) is 72.4 cm³/mol. The first-order valence-corrected chi connectivity index (χ1v) is 6.24. The molecule has 0 atom stereocenters. The van der Waals surface area contributed by atoms with E-state index in [1.54, 1.807) is 31.2 Å². The Morgan fingerprint density at radius 3 is 2.33 bits per heavy atom. The minimum Gasteiger partial charge on any atom is -0.456 e. The standard InChI is InChI=1S/C15H9ClF3NO/c1-9-6-12(16)3-5-13(9)21-14-4-2-11(15(17,18)19)7-10(14)8-20/h2-7H,1H3. The van der Waals surface area contributed by atoms with Crippen LogP contribution in [0.25, 0.3) is 0 Å². The maximum atomic E-state index is 12.6. The third-order valence-electron chi connectivity index (χ3n) is 2.78. The number of aryl methyl sites for hydroxylation is 1. The van der Waals surface area contributed by atoms with E-state index in [0.717, 1.165) is 18.2 Å². The van der Waals surface area contributed by atoms with Gasteiger partial charge in [0.05, 0.1) is 11.1 Å². The largest absolute Gasteiger partial charge is 0.456 e. The Hall–Kier alpha value is -2.19. The molecule has 108 valence electrons. The van der Waals surface area contributed by atoms with Gasteiger partial charge in [-0.25, -0.2) is 0 Å². The average molecular weight is 312 g/mol. The fraction of sp³-hybridized carbons (Fsp3) is 0.133. The Balaban J connectivity index is 2.39. The molecule has 0 aromatic heterocycles. The summed E-state index contributed by atoms with van der Waals surface area (Å²) in [5.41, 5.74) is -0.357. The second-order valence-electron chi connectivity index (χ2n) is 4.33. The monoisotopic (exact) mass is 311 g/mol. The lowest BCUT2D eigenvalue weighted by atomic mass is 10.1. The molecular formula is C15H9ClF3NO. The van der Waals surface area contributed by atoms with Crippen LogP contribution in [0.2, 0.25) is 5.02 Å². The molecule has 6 heteroatoms. The molecule has 0 aliphatic carbocycles. The van der Waals surface area contributed by atoms with Crippen molar-refractivity contribution >= 4 is 11.6 Å². The molecule has 0 N–H and O–H groups in total. The number of benzene rings is 2. The normalized spacial score (nSPS) is 11.0. The van der Waals surface area contributed by atoms with Crippen molar-refractivity contribution in [1.82, 2.24) is 0 Å². The zero-order valence-electron chi connectivity index (χ0n) is 10.8. The molecule has 2 aromatic rings. The van der Waals surface area contributed by atoms with Crippen molar-refractivity contribution in [1.29, 1.82) is 5.26 Å². The summed E-state index contributed by atoms with van der Waals surface area (Å²) in [5.74, 6) is 0.492. The number of nitrogens with zero attached hydrogens (tertiary/aromatic N) is 1. The first-order chi connectivity index (χ1) is 9.81. The maximum Gasteiger partial charge on any atom is 0.416 e. The number of alkyl halides is 3. The Labute approximate surface area is 124 Å². The molecule has 0 radical (unpaired) electrons. The van der Waals surface area contributed by atoms with Crippen LogP contribution in [0.3, 0.4) is 0 Å². The van der Waals surface area contributed by atoms with E-state index in [0.29, 0.717) is 16.3 Å². The Kier molecular flexibility index (Phi) is 4.10. The smallest absolute Gasteiger partial charge is 0.416 e. The van der Waals surface area contributed by atoms with Crippen molar-refractivity contribution in [2.24, 2.45) is 0 Å². The zero-order chi connectivity index (χ0) is 15.6. The highest BCUT2D eigenvalue weighted by molar-refractivity contribution is 6.30. The van der Waals surface area contributed by atoms with Crippen LogP contribution in [0.1, 0.15) is 16.7 Å². The molecule has 0 bridgehead atoms. The van der Waals surface area contributed by atoms with E-state index in [4.69, 9.17) is 21.6 Å². The van der Waals surface area contributed by atoms with Crippen LogP contribution in [0.5, 0.6) is 11.5 Å². The van der Waals surface area contributed by atoms with E-state index in [1.807, 2.05) is 0 Å². The minimum atomic E-state index is -4.50. The molecule has 21 heavy (non-hydrogen) atoms. The molecule has 0 saturated carbocycles. The number of ether oxygens (including phenoxy) is 1. The summed E-state index contributed by atoms with van der Waals surface area (Å²) in [7, 11) is 0. The van der Waals surface area contributed by atoms with Gasteiger partial charge in [-0.15, -0.1) is 0 Å². The van der Waals surface area contributed by atoms with Crippen LogP contribution in [-0.4, -0.2) is 0 Å². The number of nitriles is 1. The van der Waals surface area contributed by atoms with Gasteiger partial charge in [-0.3, -0.25) is 0 Å². The third-order valence-corrected chi connectivity index (χ3v) is 3.02. The number of hydrogen-bond acceptors (Lipinski definition) is 2. The summed E-state index contributed by atoms with van der Waals surface area (Å²) >= 11 is 5.82. The number of hydrogen-bond donors (Lipinski definition) is 0. The van der Waals surface area contributed by atoms with Crippen LogP contribution in [0.4, 0.5) is 13.2 Å². The molecule has 0 amide bonds. The van der Waals surface area contributed by atoms with Gasteiger partial charge in [-0.2, -0.15) is 18.4 Å². The van der Waals surface area contributed by atoms with Gasteiger partial charge in [-0.05, 0) is 48.9 Å². The molecular weight excluding hydrogens is 303 g/mol. The highest BCUT2D eigenvalue weighted by atomic mass is 35.5. The van der Waals surface area contributed by atoms with Crippen molar-refractivity contribution in [3.8, 4) is 17.6 Å².